The molecule has 10 heteroatoms. The van der Waals surface area contributed by atoms with Crippen LogP contribution in [0.15, 0.2) is 47.5 Å². The van der Waals surface area contributed by atoms with Crippen LogP contribution in [0, 0.1) is 5.82 Å². The molecule has 5 N–H and O–H groups in total. The van der Waals surface area contributed by atoms with E-state index in [4.69, 9.17) is 17.3 Å². The zero-order valence-electron chi connectivity index (χ0n) is 16.2. The first-order valence-corrected chi connectivity index (χ1v) is 9.96. The molecule has 31 heavy (non-hydrogen) atoms. The van der Waals surface area contributed by atoms with Crippen molar-refractivity contribution in [2.24, 2.45) is 10.7 Å². The van der Waals surface area contributed by atoms with Gasteiger partial charge in [0.05, 0.1) is 17.3 Å². The van der Waals surface area contributed by atoms with Gasteiger partial charge in [-0.05, 0) is 48.7 Å². The number of nitrogens with zero attached hydrogens (tertiary/aromatic N) is 1. The average molecular weight is 444 g/mol. The Hall–Kier alpha value is -3.30. The fraction of sp³-hybridized carbons (Fsp3) is 0.238. The van der Waals surface area contributed by atoms with Crippen LogP contribution < -0.4 is 21.7 Å². The second-order valence-corrected chi connectivity index (χ2v) is 7.77. The molecule has 1 unspecified atom stereocenters. The summed E-state index contributed by atoms with van der Waals surface area (Å²) in [5.74, 6) is -2.26. The lowest BCUT2D eigenvalue weighted by molar-refractivity contribution is -0.123. The monoisotopic (exact) mass is 443 g/mol. The number of primary amides is 1. The Morgan fingerprint density at radius 2 is 1.84 bits per heavy atom. The molecule has 1 saturated carbocycles. The first kappa shape index (κ1) is 21.0. The fourth-order valence-electron chi connectivity index (χ4n) is 3.42. The fourth-order valence-corrected chi connectivity index (χ4v) is 3.68. The molecule has 1 aliphatic carbocycles. The SMILES string of the molecule is NC(=O)C1(c2ccc(NC(=O)c3ccc(F)cc3Cl)cc2)NCN=C1C(=O)NC1CC1. The van der Waals surface area contributed by atoms with Crippen molar-refractivity contribution >= 4 is 40.7 Å². The number of benzene rings is 2. The number of halogens is 2. The zero-order valence-corrected chi connectivity index (χ0v) is 17.0. The largest absolute Gasteiger partial charge is 0.367 e. The highest BCUT2D eigenvalue weighted by molar-refractivity contribution is 6.47. The van der Waals surface area contributed by atoms with E-state index in [0.29, 0.717) is 11.3 Å². The maximum atomic E-state index is 13.2. The quantitative estimate of drug-likeness (QED) is 0.542. The minimum atomic E-state index is -1.57. The van der Waals surface area contributed by atoms with Crippen LogP contribution in [0.3, 0.4) is 0 Å². The second kappa shape index (κ2) is 8.09. The smallest absolute Gasteiger partial charge is 0.268 e. The summed E-state index contributed by atoms with van der Waals surface area (Å²) in [6, 6.07) is 9.84. The third-order valence-electron chi connectivity index (χ3n) is 5.19. The molecule has 0 radical (unpaired) electrons. The summed E-state index contributed by atoms with van der Waals surface area (Å²) < 4.78 is 13.2. The van der Waals surface area contributed by atoms with Crippen LogP contribution in [-0.2, 0) is 15.1 Å². The summed E-state index contributed by atoms with van der Waals surface area (Å²) in [6.45, 7) is 0.0674. The van der Waals surface area contributed by atoms with Crippen LogP contribution in [0.1, 0.15) is 28.8 Å². The number of carbonyl (C=O) groups excluding carboxylic acids is 3. The number of amides is 3. The van der Waals surface area contributed by atoms with Crippen molar-refractivity contribution in [1.29, 1.82) is 0 Å². The molecular weight excluding hydrogens is 425 g/mol. The molecule has 0 saturated heterocycles. The van der Waals surface area contributed by atoms with Gasteiger partial charge in [-0.3, -0.25) is 24.7 Å². The Kier molecular flexibility index (Phi) is 5.47. The summed E-state index contributed by atoms with van der Waals surface area (Å²) in [4.78, 5) is 41.7. The second-order valence-electron chi connectivity index (χ2n) is 7.36. The van der Waals surface area contributed by atoms with Gasteiger partial charge < -0.3 is 16.4 Å². The minimum Gasteiger partial charge on any atom is -0.367 e. The topological polar surface area (TPSA) is 126 Å². The van der Waals surface area contributed by atoms with E-state index in [1.54, 1.807) is 24.3 Å². The first-order chi connectivity index (χ1) is 14.8. The number of nitrogens with one attached hydrogen (secondary N) is 3. The van der Waals surface area contributed by atoms with Crippen molar-refractivity contribution in [2.75, 3.05) is 12.0 Å². The normalized spacial score (nSPS) is 20.1. The Balaban J connectivity index is 1.56. The lowest BCUT2D eigenvalue weighted by Gasteiger charge is -2.28. The van der Waals surface area contributed by atoms with Crippen molar-refractivity contribution in [3.8, 4) is 0 Å². The lowest BCUT2D eigenvalue weighted by atomic mass is 9.84. The highest BCUT2D eigenvalue weighted by Crippen LogP contribution is 2.29. The van der Waals surface area contributed by atoms with Crippen LogP contribution in [0.4, 0.5) is 10.1 Å². The van der Waals surface area contributed by atoms with Gasteiger partial charge in [0.1, 0.15) is 11.5 Å². The maximum absolute atomic E-state index is 13.2. The average Bonchev–Trinajstić information content (AvgIpc) is 3.41. The van der Waals surface area contributed by atoms with Crippen LogP contribution >= 0.6 is 11.6 Å². The molecule has 0 bridgehead atoms. The van der Waals surface area contributed by atoms with E-state index in [0.717, 1.165) is 25.0 Å². The van der Waals surface area contributed by atoms with Gasteiger partial charge in [0, 0.05) is 11.7 Å². The standard InChI is InChI=1S/C21H19ClFN5O3/c22-16-9-12(23)3-8-15(16)18(29)27-13-4-1-11(2-5-13)21(20(24)31)17(25-10-26-21)19(30)28-14-6-7-14/h1-5,8-9,14,26H,6-7,10H2,(H2,24,31)(H,27,29)(H,28,30). The molecule has 4 rings (SSSR count). The molecule has 0 spiro atoms. The maximum Gasteiger partial charge on any atom is 0.268 e. The molecule has 1 aliphatic heterocycles. The van der Waals surface area contributed by atoms with E-state index < -0.39 is 29.1 Å². The third kappa shape index (κ3) is 4.01. The van der Waals surface area contributed by atoms with Gasteiger partial charge in [0.15, 0.2) is 5.54 Å². The predicted molar refractivity (Wildman–Crippen MR) is 113 cm³/mol. The summed E-state index contributed by atoms with van der Waals surface area (Å²) in [5.41, 5.74) is 5.08. The van der Waals surface area contributed by atoms with Gasteiger partial charge >= 0.3 is 0 Å². The van der Waals surface area contributed by atoms with Gasteiger partial charge in [0.25, 0.3) is 11.8 Å². The molecule has 2 aromatic carbocycles. The number of carbonyl (C=O) groups is 3. The number of hydrogen-bond donors (Lipinski definition) is 4. The summed E-state index contributed by atoms with van der Waals surface area (Å²) in [5, 5.41) is 8.40. The van der Waals surface area contributed by atoms with Crippen LogP contribution in [0.25, 0.3) is 0 Å². The Labute approximate surface area is 182 Å². The molecule has 8 nitrogen and oxygen atoms in total. The third-order valence-corrected chi connectivity index (χ3v) is 5.50. The molecule has 2 aliphatic rings. The number of aliphatic imine (C=N–C) groups is 1. The highest BCUT2D eigenvalue weighted by Gasteiger charge is 2.50. The molecule has 1 fully saturated rings. The van der Waals surface area contributed by atoms with Gasteiger partial charge in [0.2, 0.25) is 5.91 Å². The van der Waals surface area contributed by atoms with E-state index in [1.165, 1.54) is 6.07 Å². The molecule has 1 heterocycles. The first-order valence-electron chi connectivity index (χ1n) is 9.59. The Morgan fingerprint density at radius 3 is 2.45 bits per heavy atom. The van der Waals surface area contributed by atoms with E-state index in [9.17, 15) is 18.8 Å². The van der Waals surface area contributed by atoms with E-state index in [2.05, 4.69) is 20.9 Å². The van der Waals surface area contributed by atoms with E-state index in [-0.39, 0.29) is 29.0 Å². The zero-order chi connectivity index (χ0) is 22.2. The predicted octanol–water partition coefficient (Wildman–Crippen LogP) is 1.69. The number of nitrogens with two attached hydrogens (primary N) is 1. The molecular formula is C21H19ClFN5O3. The number of rotatable bonds is 6. The number of hydrogen-bond acceptors (Lipinski definition) is 5. The van der Waals surface area contributed by atoms with Crippen molar-refractivity contribution in [3.63, 3.8) is 0 Å². The van der Waals surface area contributed by atoms with Crippen molar-refractivity contribution in [2.45, 2.75) is 24.4 Å². The van der Waals surface area contributed by atoms with Crippen LogP contribution in [0.5, 0.6) is 0 Å². The summed E-state index contributed by atoms with van der Waals surface area (Å²) in [6.07, 6.45) is 1.78. The van der Waals surface area contributed by atoms with Crippen molar-refractivity contribution < 1.29 is 18.8 Å². The Morgan fingerprint density at radius 1 is 1.13 bits per heavy atom. The molecule has 3 amide bonds. The molecule has 160 valence electrons. The molecule has 2 aromatic rings. The minimum absolute atomic E-state index is 0.0144. The Bertz CT molecular complexity index is 1100. The van der Waals surface area contributed by atoms with Gasteiger partial charge in [-0.1, -0.05) is 23.7 Å². The van der Waals surface area contributed by atoms with Crippen LogP contribution in [-0.4, -0.2) is 36.1 Å². The van der Waals surface area contributed by atoms with Crippen molar-refractivity contribution in [1.82, 2.24) is 10.6 Å². The van der Waals surface area contributed by atoms with E-state index >= 15 is 0 Å². The summed E-state index contributed by atoms with van der Waals surface area (Å²) in [7, 11) is 0. The molecule has 1 atom stereocenters. The van der Waals surface area contributed by atoms with Gasteiger partial charge in [-0.2, -0.15) is 0 Å². The van der Waals surface area contributed by atoms with Crippen molar-refractivity contribution in [3.05, 3.63) is 64.4 Å². The number of anilines is 1. The van der Waals surface area contributed by atoms with Gasteiger partial charge in [-0.25, -0.2) is 4.39 Å². The molecule has 0 aromatic heterocycles. The highest BCUT2D eigenvalue weighted by atomic mass is 35.5. The summed E-state index contributed by atoms with van der Waals surface area (Å²) >= 11 is 5.93. The van der Waals surface area contributed by atoms with Gasteiger partial charge in [-0.15, -0.1) is 0 Å². The van der Waals surface area contributed by atoms with Crippen LogP contribution in [0.2, 0.25) is 5.02 Å². The van der Waals surface area contributed by atoms with E-state index in [1.807, 2.05) is 0 Å². The lowest BCUT2D eigenvalue weighted by Crippen LogP contribution is -2.58.